The Bertz CT molecular complexity index is 1180. The van der Waals surface area contributed by atoms with E-state index in [1.165, 1.54) is 154 Å². The van der Waals surface area contributed by atoms with E-state index < -0.39 is 6.10 Å². The van der Waals surface area contributed by atoms with E-state index in [1.807, 2.05) is 0 Å². The topological polar surface area (TPSA) is 78.9 Å². The van der Waals surface area contributed by atoms with Crippen LogP contribution >= 0.6 is 0 Å². The second kappa shape index (κ2) is 53.7. The fourth-order valence-corrected chi connectivity index (χ4v) is 7.77. The van der Waals surface area contributed by atoms with Crippen LogP contribution in [0.25, 0.3) is 0 Å². The van der Waals surface area contributed by atoms with Gasteiger partial charge in [-0.25, -0.2) is 0 Å². The van der Waals surface area contributed by atoms with Crippen LogP contribution in [0, 0.1) is 0 Å². The Balaban J connectivity index is 4.43. The molecule has 6 heteroatoms. The van der Waals surface area contributed by atoms with Crippen molar-refractivity contribution >= 4 is 17.9 Å². The summed E-state index contributed by atoms with van der Waals surface area (Å²) in [6, 6.07) is 0. The summed E-state index contributed by atoms with van der Waals surface area (Å²) in [6.45, 7) is 6.57. The van der Waals surface area contributed by atoms with E-state index in [1.54, 1.807) is 0 Å². The van der Waals surface area contributed by atoms with Gasteiger partial charge in [0.2, 0.25) is 0 Å². The van der Waals surface area contributed by atoms with Crippen LogP contribution in [0.3, 0.4) is 0 Å². The van der Waals surface area contributed by atoms with Gasteiger partial charge in [-0.3, -0.25) is 14.4 Å². The highest BCUT2D eigenvalue weighted by atomic mass is 16.6. The van der Waals surface area contributed by atoms with E-state index in [2.05, 4.69) is 81.5 Å². The molecule has 0 aromatic carbocycles. The molecule has 0 heterocycles. The lowest BCUT2D eigenvalue weighted by molar-refractivity contribution is -0.167. The van der Waals surface area contributed by atoms with Gasteiger partial charge in [-0.05, 0) is 89.9 Å². The molecule has 0 saturated heterocycles. The molecule has 65 heavy (non-hydrogen) atoms. The summed E-state index contributed by atoms with van der Waals surface area (Å²) in [5, 5.41) is 0. The number of esters is 3. The van der Waals surface area contributed by atoms with Gasteiger partial charge in [-0.2, -0.15) is 0 Å². The third-order valence-corrected chi connectivity index (χ3v) is 12.0. The fraction of sp³-hybridized carbons (Fsp3) is 0.780. The molecule has 0 N–H and O–H groups in total. The van der Waals surface area contributed by atoms with Gasteiger partial charge < -0.3 is 14.2 Å². The highest BCUT2D eigenvalue weighted by molar-refractivity contribution is 5.71. The molecule has 0 aliphatic carbocycles. The molecule has 0 rings (SSSR count). The zero-order valence-corrected chi connectivity index (χ0v) is 43.0. The minimum Gasteiger partial charge on any atom is -0.462 e. The number of carbonyl (C=O) groups excluding carboxylic acids is 3. The maximum absolute atomic E-state index is 12.8. The SMILES string of the molecule is CCCCC/C=C\C/C=C\C/C=C\CCCCC(=O)O[C@@H](COC(=O)CCCCCCCCC/C=C\C/C=C\CCCCC)COC(=O)CCCCCCCCCCCCCCCCC. The molecular formula is C59H104O6. The average molecular weight is 909 g/mol. The van der Waals surface area contributed by atoms with E-state index in [9.17, 15) is 14.4 Å². The molecule has 0 radical (unpaired) electrons. The quantitative estimate of drug-likeness (QED) is 0.0262. The van der Waals surface area contributed by atoms with Crippen molar-refractivity contribution in [2.24, 2.45) is 0 Å². The molecule has 0 aromatic rings. The molecule has 0 spiro atoms. The Morgan fingerprint density at radius 1 is 0.308 bits per heavy atom. The Kier molecular flexibility index (Phi) is 51.3. The monoisotopic (exact) mass is 909 g/mol. The van der Waals surface area contributed by atoms with E-state index in [-0.39, 0.29) is 37.5 Å². The second-order valence-corrected chi connectivity index (χ2v) is 18.5. The van der Waals surface area contributed by atoms with Crippen molar-refractivity contribution in [1.29, 1.82) is 0 Å². The Morgan fingerprint density at radius 3 is 0.923 bits per heavy atom. The van der Waals surface area contributed by atoms with E-state index in [4.69, 9.17) is 14.2 Å². The van der Waals surface area contributed by atoms with Crippen LogP contribution in [0.2, 0.25) is 0 Å². The molecule has 0 aromatic heterocycles. The molecule has 0 fully saturated rings. The number of rotatable bonds is 50. The molecule has 376 valence electrons. The molecule has 0 unspecified atom stereocenters. The minimum atomic E-state index is -0.795. The third kappa shape index (κ3) is 51.9. The molecule has 0 saturated carbocycles. The predicted molar refractivity (Wildman–Crippen MR) is 279 cm³/mol. The average Bonchev–Trinajstić information content (AvgIpc) is 3.30. The zero-order chi connectivity index (χ0) is 47.2. The number of ether oxygens (including phenoxy) is 3. The van der Waals surface area contributed by atoms with Crippen molar-refractivity contribution in [2.75, 3.05) is 13.2 Å². The summed E-state index contributed by atoms with van der Waals surface area (Å²) < 4.78 is 16.8. The van der Waals surface area contributed by atoms with Crippen molar-refractivity contribution < 1.29 is 28.6 Å². The van der Waals surface area contributed by atoms with Crippen LogP contribution in [0.1, 0.15) is 278 Å². The van der Waals surface area contributed by atoms with Gasteiger partial charge in [0.05, 0.1) is 0 Å². The summed E-state index contributed by atoms with van der Waals surface area (Å²) in [5.41, 5.74) is 0. The zero-order valence-electron chi connectivity index (χ0n) is 43.0. The van der Waals surface area contributed by atoms with Crippen molar-refractivity contribution in [3.05, 3.63) is 60.8 Å². The molecule has 0 amide bonds. The van der Waals surface area contributed by atoms with E-state index >= 15 is 0 Å². The summed E-state index contributed by atoms with van der Waals surface area (Å²) in [7, 11) is 0. The fourth-order valence-electron chi connectivity index (χ4n) is 7.77. The van der Waals surface area contributed by atoms with Crippen LogP contribution in [0.5, 0.6) is 0 Å². The second-order valence-electron chi connectivity index (χ2n) is 18.5. The van der Waals surface area contributed by atoms with Crippen LogP contribution in [0.15, 0.2) is 60.8 Å². The summed E-state index contributed by atoms with van der Waals surface area (Å²) >= 11 is 0. The maximum atomic E-state index is 12.8. The number of hydrogen-bond acceptors (Lipinski definition) is 6. The third-order valence-electron chi connectivity index (χ3n) is 12.0. The smallest absolute Gasteiger partial charge is 0.306 e. The molecular weight excluding hydrogens is 805 g/mol. The summed E-state index contributed by atoms with van der Waals surface area (Å²) in [4.78, 5) is 38.1. The van der Waals surface area contributed by atoms with Gasteiger partial charge in [-0.1, -0.05) is 229 Å². The van der Waals surface area contributed by atoms with Crippen LogP contribution in [-0.4, -0.2) is 37.2 Å². The summed E-state index contributed by atoms with van der Waals surface area (Å²) in [6.07, 6.45) is 66.3. The van der Waals surface area contributed by atoms with Crippen LogP contribution in [-0.2, 0) is 28.6 Å². The first kappa shape index (κ1) is 62.1. The molecule has 1 atom stereocenters. The number of carbonyl (C=O) groups is 3. The lowest BCUT2D eigenvalue weighted by Gasteiger charge is -2.18. The van der Waals surface area contributed by atoms with Gasteiger partial charge in [0.15, 0.2) is 6.10 Å². The first-order chi connectivity index (χ1) is 32.0. The normalized spacial score (nSPS) is 12.5. The Morgan fingerprint density at radius 2 is 0.554 bits per heavy atom. The van der Waals surface area contributed by atoms with Gasteiger partial charge in [-0.15, -0.1) is 0 Å². The highest BCUT2D eigenvalue weighted by Gasteiger charge is 2.19. The number of allylic oxidation sites excluding steroid dienone is 10. The van der Waals surface area contributed by atoms with Gasteiger partial charge in [0.25, 0.3) is 0 Å². The van der Waals surface area contributed by atoms with Crippen molar-refractivity contribution in [1.82, 2.24) is 0 Å². The van der Waals surface area contributed by atoms with Crippen LogP contribution < -0.4 is 0 Å². The molecule has 0 aliphatic heterocycles. The van der Waals surface area contributed by atoms with Crippen molar-refractivity contribution in [2.45, 2.75) is 284 Å². The Hall–Kier alpha value is -2.89. The lowest BCUT2D eigenvalue weighted by Crippen LogP contribution is -2.30. The first-order valence-electron chi connectivity index (χ1n) is 27.8. The molecule has 0 aliphatic rings. The minimum absolute atomic E-state index is 0.0898. The van der Waals surface area contributed by atoms with E-state index in [0.717, 1.165) is 77.0 Å². The Labute approximate surface area is 402 Å². The lowest BCUT2D eigenvalue weighted by atomic mass is 10.0. The standard InChI is InChI=1S/C59H104O6/c1-4-7-10-13-16-19-22-25-28-29-32-34-37-40-43-46-49-52-58(61)64-55-56(65-59(62)53-50-47-44-41-38-35-31-27-24-21-18-15-12-9-6-3)54-63-57(60)51-48-45-42-39-36-33-30-26-23-20-17-14-11-8-5-2/h16,18-19,21,25,27-28,31,38,41,56H,4-15,17,20,22-24,26,29-30,32-37,39-40,42-55H2,1-3H3/b19-16-,21-18-,28-25-,31-27-,41-38-/t56-/m1/s1. The van der Waals surface area contributed by atoms with Crippen molar-refractivity contribution in [3.8, 4) is 0 Å². The van der Waals surface area contributed by atoms with Gasteiger partial charge in [0.1, 0.15) is 13.2 Å². The summed E-state index contributed by atoms with van der Waals surface area (Å²) in [5.74, 6) is -0.927. The maximum Gasteiger partial charge on any atom is 0.306 e. The van der Waals surface area contributed by atoms with Gasteiger partial charge >= 0.3 is 17.9 Å². The largest absolute Gasteiger partial charge is 0.462 e. The molecule has 0 bridgehead atoms. The molecule has 6 nitrogen and oxygen atoms in total. The number of hydrogen-bond donors (Lipinski definition) is 0. The van der Waals surface area contributed by atoms with Crippen molar-refractivity contribution in [3.63, 3.8) is 0 Å². The van der Waals surface area contributed by atoms with Gasteiger partial charge in [0, 0.05) is 19.3 Å². The first-order valence-corrected chi connectivity index (χ1v) is 27.8. The number of unbranched alkanes of at least 4 members (excludes halogenated alkanes) is 29. The van der Waals surface area contributed by atoms with E-state index in [0.29, 0.717) is 19.3 Å². The predicted octanol–water partition coefficient (Wildman–Crippen LogP) is 18.4. The van der Waals surface area contributed by atoms with Crippen LogP contribution in [0.4, 0.5) is 0 Å². The highest BCUT2D eigenvalue weighted by Crippen LogP contribution is 2.15.